The lowest BCUT2D eigenvalue weighted by Gasteiger charge is -2.29. The fourth-order valence-electron chi connectivity index (χ4n) is 5.53. The molecule has 0 saturated carbocycles. The summed E-state index contributed by atoms with van der Waals surface area (Å²) in [5, 5.41) is 11.1. The van der Waals surface area contributed by atoms with Crippen LogP contribution in [0.1, 0.15) is 64.7 Å². The minimum atomic E-state index is -5.34. The van der Waals surface area contributed by atoms with E-state index in [1.165, 1.54) is 19.9 Å². The van der Waals surface area contributed by atoms with Crippen molar-refractivity contribution in [2.45, 2.75) is 77.8 Å². The minimum absolute atomic E-state index is 0.277. The van der Waals surface area contributed by atoms with Crippen molar-refractivity contribution in [1.82, 2.24) is 10.3 Å². The van der Waals surface area contributed by atoms with Crippen LogP contribution in [-0.4, -0.2) is 59.2 Å². The molecule has 57 heavy (non-hydrogen) atoms. The van der Waals surface area contributed by atoms with Crippen LogP contribution in [0.15, 0.2) is 42.6 Å². The number of pyridine rings is 1. The molecule has 1 aliphatic heterocycles. The second-order valence-electron chi connectivity index (χ2n) is 14.6. The van der Waals surface area contributed by atoms with E-state index in [1.807, 2.05) is 20.8 Å². The van der Waals surface area contributed by atoms with Crippen molar-refractivity contribution in [1.29, 1.82) is 5.26 Å². The summed E-state index contributed by atoms with van der Waals surface area (Å²) < 4.78 is 154. The number of nitrogens with zero attached hydrogens (tertiary/aromatic N) is 4. The molecule has 9 nitrogen and oxygen atoms in total. The monoisotopic (exact) mass is 835 g/mol. The average molecular weight is 836 g/mol. The Kier molecular flexibility index (Phi) is 12.6. The van der Waals surface area contributed by atoms with Gasteiger partial charge in [0.15, 0.2) is 16.7 Å². The zero-order chi connectivity index (χ0) is 43.1. The molecule has 2 aromatic carbocycles. The fourth-order valence-corrected chi connectivity index (χ4v) is 6.05. The highest BCUT2D eigenvalue weighted by atomic mass is 32.1. The fraction of sp³-hybridized carbons (Fsp3) is 0.432. The van der Waals surface area contributed by atoms with Gasteiger partial charge in [0, 0.05) is 24.1 Å². The number of nitriles is 1. The largest absolute Gasteiger partial charge is 0.493 e. The minimum Gasteiger partial charge on any atom is -0.493 e. The third kappa shape index (κ3) is 9.75. The number of thiocarbonyl (C=S) groups is 1. The quantitative estimate of drug-likeness (QED) is 0.143. The molecular formula is C37H35F10N5O4S. The van der Waals surface area contributed by atoms with Gasteiger partial charge in [-0.1, -0.05) is 20.8 Å². The Labute approximate surface area is 325 Å². The van der Waals surface area contributed by atoms with Gasteiger partial charge < -0.3 is 19.7 Å². The lowest BCUT2D eigenvalue weighted by Crippen LogP contribution is -2.44. The van der Waals surface area contributed by atoms with Gasteiger partial charge in [0.2, 0.25) is 5.91 Å². The number of carbonyl (C=O) groups excluding carboxylic acids is 2. The van der Waals surface area contributed by atoms with Crippen molar-refractivity contribution < 1.29 is 63.0 Å². The molecule has 0 aliphatic carbocycles. The van der Waals surface area contributed by atoms with Crippen LogP contribution in [0.5, 0.6) is 5.75 Å². The summed E-state index contributed by atoms with van der Waals surface area (Å²) in [5.41, 5.74) is -9.54. The number of rotatable bonds is 12. The van der Waals surface area contributed by atoms with Gasteiger partial charge in [0.05, 0.1) is 41.4 Å². The van der Waals surface area contributed by atoms with Crippen molar-refractivity contribution in [3.8, 4) is 23.1 Å². The standard InChI is InChI=1S/C37H35F10N5O4S/c1-19(33(2,3)4)50-27(53)17-55-18-35(40,41)11-12-56-22-8-9-23(24(14-22)36(42,43)44)30-25(38)13-21(16-49-30)52-32(57)51(31(54)34(52,5)6)26-10-7-20(15-48)28(29(26)39)37(45,46)47/h7-10,13-14,16,19H,11-12,17-18H2,1-6H3,(H,50,53). The van der Waals surface area contributed by atoms with E-state index in [1.54, 1.807) is 6.92 Å². The number of carbonyl (C=O) groups is 2. The highest BCUT2D eigenvalue weighted by Gasteiger charge is 2.52. The molecule has 308 valence electrons. The van der Waals surface area contributed by atoms with E-state index in [2.05, 4.69) is 10.3 Å². The lowest BCUT2D eigenvalue weighted by molar-refractivity contribution is -0.140. The molecule has 1 N–H and O–H groups in total. The van der Waals surface area contributed by atoms with Gasteiger partial charge in [-0.05, 0) is 68.7 Å². The number of benzene rings is 2. The van der Waals surface area contributed by atoms with Gasteiger partial charge in [-0.15, -0.1) is 0 Å². The van der Waals surface area contributed by atoms with Gasteiger partial charge in [0.1, 0.15) is 35.8 Å². The number of nitrogens with one attached hydrogen (secondary N) is 1. The highest BCUT2D eigenvalue weighted by molar-refractivity contribution is 7.81. The molecule has 0 spiro atoms. The Balaban J connectivity index is 1.53. The van der Waals surface area contributed by atoms with E-state index >= 15 is 8.78 Å². The Morgan fingerprint density at radius 1 is 1.02 bits per heavy atom. The number of halogens is 10. The molecule has 2 heterocycles. The normalized spacial score (nSPS) is 15.5. The highest BCUT2D eigenvalue weighted by Crippen LogP contribution is 2.44. The Bertz CT molecular complexity index is 2090. The first-order valence-electron chi connectivity index (χ1n) is 16.8. The molecule has 1 unspecified atom stereocenters. The van der Waals surface area contributed by atoms with E-state index in [0.29, 0.717) is 23.1 Å². The summed E-state index contributed by atoms with van der Waals surface area (Å²) in [4.78, 5) is 30.6. The van der Waals surface area contributed by atoms with Crippen molar-refractivity contribution in [3.05, 3.63) is 70.9 Å². The van der Waals surface area contributed by atoms with E-state index in [-0.39, 0.29) is 17.1 Å². The first-order valence-corrected chi connectivity index (χ1v) is 17.3. The molecule has 1 aromatic heterocycles. The Morgan fingerprint density at radius 3 is 2.23 bits per heavy atom. The van der Waals surface area contributed by atoms with Crippen molar-refractivity contribution in [2.24, 2.45) is 5.41 Å². The van der Waals surface area contributed by atoms with Crippen LogP contribution in [0.4, 0.5) is 55.3 Å². The topological polar surface area (TPSA) is 108 Å². The maximum Gasteiger partial charge on any atom is 0.420 e. The number of anilines is 2. The summed E-state index contributed by atoms with van der Waals surface area (Å²) in [7, 11) is 0. The van der Waals surface area contributed by atoms with Crippen LogP contribution in [0.3, 0.4) is 0 Å². The van der Waals surface area contributed by atoms with Crippen molar-refractivity contribution >= 4 is 40.5 Å². The third-order valence-corrected chi connectivity index (χ3v) is 9.40. The number of hydrogen-bond acceptors (Lipinski definition) is 7. The third-order valence-electron chi connectivity index (χ3n) is 9.03. The summed E-state index contributed by atoms with van der Waals surface area (Å²) in [6.07, 6.45) is -10.6. The molecular weight excluding hydrogens is 800 g/mol. The van der Waals surface area contributed by atoms with Gasteiger partial charge in [-0.25, -0.2) is 17.6 Å². The molecule has 1 atom stereocenters. The van der Waals surface area contributed by atoms with E-state index in [9.17, 15) is 44.7 Å². The molecule has 1 fully saturated rings. The molecule has 3 aromatic rings. The van der Waals surface area contributed by atoms with Gasteiger partial charge in [-0.3, -0.25) is 19.5 Å². The Morgan fingerprint density at radius 2 is 1.67 bits per heavy atom. The summed E-state index contributed by atoms with van der Waals surface area (Å²) in [5.74, 6) is -9.05. The number of ether oxygens (including phenoxy) is 2. The predicted molar refractivity (Wildman–Crippen MR) is 190 cm³/mol. The lowest BCUT2D eigenvalue weighted by atomic mass is 9.88. The van der Waals surface area contributed by atoms with Crippen LogP contribution >= 0.6 is 12.2 Å². The maximum atomic E-state index is 15.7. The zero-order valence-corrected chi connectivity index (χ0v) is 31.9. The predicted octanol–water partition coefficient (Wildman–Crippen LogP) is 8.82. The van der Waals surface area contributed by atoms with Crippen LogP contribution in [0.25, 0.3) is 11.3 Å². The number of hydrogen-bond donors (Lipinski definition) is 1. The van der Waals surface area contributed by atoms with Crippen molar-refractivity contribution in [3.63, 3.8) is 0 Å². The van der Waals surface area contributed by atoms with Crippen LogP contribution in [0, 0.1) is 28.4 Å². The Hall–Kier alpha value is -5.03. The van der Waals surface area contributed by atoms with E-state index < -0.39 is 118 Å². The molecule has 4 rings (SSSR count). The summed E-state index contributed by atoms with van der Waals surface area (Å²) >= 11 is 5.31. The average Bonchev–Trinajstić information content (AvgIpc) is 3.25. The van der Waals surface area contributed by atoms with E-state index in [0.717, 1.165) is 29.3 Å². The number of amides is 2. The van der Waals surface area contributed by atoms with E-state index in [4.69, 9.17) is 27.0 Å². The van der Waals surface area contributed by atoms with Gasteiger partial charge in [0.25, 0.3) is 11.8 Å². The summed E-state index contributed by atoms with van der Waals surface area (Å²) in [6, 6.07) is 5.20. The molecule has 1 saturated heterocycles. The first kappa shape index (κ1) is 44.7. The zero-order valence-electron chi connectivity index (χ0n) is 31.1. The second kappa shape index (κ2) is 16.1. The van der Waals surface area contributed by atoms with Gasteiger partial charge in [-0.2, -0.15) is 31.6 Å². The maximum absolute atomic E-state index is 15.7. The van der Waals surface area contributed by atoms with Gasteiger partial charge >= 0.3 is 12.4 Å². The molecule has 1 aliphatic rings. The molecule has 0 bridgehead atoms. The number of alkyl halides is 8. The smallest absolute Gasteiger partial charge is 0.420 e. The van der Waals surface area contributed by atoms with Crippen molar-refractivity contribution in [2.75, 3.05) is 29.6 Å². The second-order valence-corrected chi connectivity index (χ2v) is 14.9. The SMILES string of the molecule is CC(NC(=O)COCC(F)(F)CCOc1ccc(-c2ncc(N3C(=S)N(c4ccc(C#N)c(C(F)(F)F)c4F)C(=O)C3(C)C)cc2F)c(C(F)(F)F)c1)C(C)(C)C. The molecule has 2 amide bonds. The number of aromatic nitrogens is 1. The van der Waals surface area contributed by atoms with Crippen LogP contribution in [-0.2, 0) is 26.7 Å². The molecule has 0 radical (unpaired) electrons. The van der Waals surface area contributed by atoms with Crippen LogP contribution < -0.4 is 19.9 Å². The van der Waals surface area contributed by atoms with Crippen LogP contribution in [0.2, 0.25) is 0 Å². The summed E-state index contributed by atoms with van der Waals surface area (Å²) in [6.45, 7) is 7.20. The first-order chi connectivity index (χ1) is 26.1. The molecule has 20 heteroatoms.